The molecule has 0 saturated carbocycles. The Morgan fingerprint density at radius 1 is 1.00 bits per heavy atom. The van der Waals surface area contributed by atoms with Gasteiger partial charge in [-0.05, 0) is 62.6 Å². The van der Waals surface area contributed by atoms with E-state index in [0.29, 0.717) is 37.3 Å². The maximum atomic E-state index is 12.0. The number of benzene rings is 2. The number of rotatable bonds is 9. The lowest BCUT2D eigenvalue weighted by Gasteiger charge is -2.10. The van der Waals surface area contributed by atoms with Gasteiger partial charge in [0.05, 0.1) is 18.8 Å². The maximum absolute atomic E-state index is 12.0. The molecule has 0 aliphatic carbocycles. The topological polar surface area (TPSA) is 64.6 Å². The molecule has 0 saturated heterocycles. The van der Waals surface area contributed by atoms with Gasteiger partial charge in [-0.2, -0.15) is 0 Å². The van der Waals surface area contributed by atoms with Crippen molar-refractivity contribution in [3.63, 3.8) is 0 Å². The van der Waals surface area contributed by atoms with Crippen LogP contribution in [-0.4, -0.2) is 25.1 Å². The molecule has 0 aliphatic rings. The van der Waals surface area contributed by atoms with Gasteiger partial charge >= 0.3 is 5.97 Å². The van der Waals surface area contributed by atoms with Gasteiger partial charge < -0.3 is 14.8 Å². The summed E-state index contributed by atoms with van der Waals surface area (Å²) in [7, 11) is 0. The van der Waals surface area contributed by atoms with Crippen LogP contribution in [0.15, 0.2) is 42.5 Å². The highest BCUT2D eigenvalue weighted by Crippen LogP contribution is 2.19. The minimum absolute atomic E-state index is 0.0828. The Bertz CT molecular complexity index is 768. The number of hydrogen-bond donors (Lipinski definition) is 1. The summed E-state index contributed by atoms with van der Waals surface area (Å²) in [6, 6.07) is 12.7. The first kappa shape index (κ1) is 20.5. The molecule has 0 heterocycles. The highest BCUT2D eigenvalue weighted by molar-refractivity contribution is 5.93. The number of amides is 1. The Kier molecular flexibility index (Phi) is 7.86. The van der Waals surface area contributed by atoms with Crippen molar-refractivity contribution in [1.29, 1.82) is 0 Å². The van der Waals surface area contributed by atoms with Crippen LogP contribution in [0.5, 0.6) is 5.75 Å². The molecule has 2 aromatic carbocycles. The van der Waals surface area contributed by atoms with Crippen LogP contribution in [0.25, 0.3) is 0 Å². The third-order valence-corrected chi connectivity index (χ3v) is 3.98. The number of ether oxygens (including phenoxy) is 2. The number of aryl methyl sites for hydroxylation is 2. The van der Waals surface area contributed by atoms with E-state index < -0.39 is 0 Å². The summed E-state index contributed by atoms with van der Waals surface area (Å²) in [4.78, 5) is 23.8. The van der Waals surface area contributed by atoms with E-state index in [1.165, 1.54) is 5.56 Å². The summed E-state index contributed by atoms with van der Waals surface area (Å²) in [6.07, 6.45) is 1.78. The third-order valence-electron chi connectivity index (χ3n) is 3.98. The first-order chi connectivity index (χ1) is 13.0. The molecule has 0 atom stereocenters. The molecule has 5 nitrogen and oxygen atoms in total. The van der Waals surface area contributed by atoms with E-state index in [4.69, 9.17) is 9.47 Å². The monoisotopic (exact) mass is 369 g/mol. The van der Waals surface area contributed by atoms with Gasteiger partial charge in [-0.1, -0.05) is 24.6 Å². The highest BCUT2D eigenvalue weighted by atomic mass is 16.5. The Labute approximate surface area is 160 Å². The fraction of sp³-hybridized carbons (Fsp3) is 0.364. The molecule has 1 N–H and O–H groups in total. The lowest BCUT2D eigenvalue weighted by molar-refractivity contribution is -0.116. The minimum Gasteiger partial charge on any atom is -0.493 e. The molecule has 0 spiro atoms. The minimum atomic E-state index is -0.349. The largest absolute Gasteiger partial charge is 0.493 e. The van der Waals surface area contributed by atoms with Crippen LogP contribution in [0, 0.1) is 13.8 Å². The zero-order valence-corrected chi connectivity index (χ0v) is 16.2. The number of carbonyl (C=O) groups excluding carboxylic acids is 2. The van der Waals surface area contributed by atoms with Crippen LogP contribution in [0.4, 0.5) is 5.69 Å². The normalized spacial score (nSPS) is 10.3. The molecule has 0 radical (unpaired) electrons. The second-order valence-electron chi connectivity index (χ2n) is 6.48. The Morgan fingerprint density at radius 3 is 2.41 bits per heavy atom. The van der Waals surface area contributed by atoms with Crippen molar-refractivity contribution in [3.8, 4) is 5.75 Å². The van der Waals surface area contributed by atoms with Gasteiger partial charge in [0.2, 0.25) is 5.91 Å². The van der Waals surface area contributed by atoms with Crippen molar-refractivity contribution < 1.29 is 19.1 Å². The number of anilines is 1. The Morgan fingerprint density at radius 2 is 1.74 bits per heavy atom. The fourth-order valence-corrected chi connectivity index (χ4v) is 2.57. The predicted octanol–water partition coefficient (Wildman–Crippen LogP) is 4.67. The van der Waals surface area contributed by atoms with E-state index in [2.05, 4.69) is 11.4 Å². The maximum Gasteiger partial charge on any atom is 0.338 e. The average Bonchev–Trinajstić information content (AvgIpc) is 2.65. The van der Waals surface area contributed by atoms with Crippen LogP contribution in [0.2, 0.25) is 0 Å². The number of esters is 1. The summed E-state index contributed by atoms with van der Waals surface area (Å²) >= 11 is 0. The average molecular weight is 369 g/mol. The smallest absolute Gasteiger partial charge is 0.338 e. The zero-order chi connectivity index (χ0) is 19.6. The van der Waals surface area contributed by atoms with Crippen molar-refractivity contribution in [2.45, 2.75) is 40.0 Å². The van der Waals surface area contributed by atoms with Crippen molar-refractivity contribution in [1.82, 2.24) is 0 Å². The van der Waals surface area contributed by atoms with Crippen LogP contribution in [0.1, 0.15) is 47.7 Å². The molecule has 0 aromatic heterocycles. The van der Waals surface area contributed by atoms with Crippen molar-refractivity contribution >= 4 is 17.6 Å². The third kappa shape index (κ3) is 6.77. The first-order valence-electron chi connectivity index (χ1n) is 9.26. The van der Waals surface area contributed by atoms with E-state index in [0.717, 1.165) is 17.7 Å². The lowest BCUT2D eigenvalue weighted by atomic mass is 10.1. The van der Waals surface area contributed by atoms with Gasteiger partial charge in [0.1, 0.15) is 5.75 Å². The molecule has 144 valence electrons. The SMILES string of the molecule is CCCOC(=O)c1ccc(NC(=O)CCCOc2ccc(C)cc2C)cc1. The zero-order valence-electron chi connectivity index (χ0n) is 16.2. The molecule has 0 fully saturated rings. The molecule has 1 amide bonds. The van der Waals surface area contributed by atoms with Gasteiger partial charge in [-0.15, -0.1) is 0 Å². The summed E-state index contributed by atoms with van der Waals surface area (Å²) < 4.78 is 10.8. The van der Waals surface area contributed by atoms with Gasteiger partial charge in [0.15, 0.2) is 0 Å². The molecule has 0 unspecified atom stereocenters. The summed E-state index contributed by atoms with van der Waals surface area (Å²) in [6.45, 7) is 6.89. The van der Waals surface area contributed by atoms with Crippen molar-refractivity contribution in [2.75, 3.05) is 18.5 Å². The number of nitrogens with one attached hydrogen (secondary N) is 1. The summed E-state index contributed by atoms with van der Waals surface area (Å²) in [5.74, 6) is 0.422. The molecular weight excluding hydrogens is 342 g/mol. The van der Waals surface area contributed by atoms with Crippen LogP contribution < -0.4 is 10.1 Å². The van der Waals surface area contributed by atoms with Gasteiger partial charge in [-0.3, -0.25) is 4.79 Å². The standard InChI is InChI=1S/C22H27NO4/c1-4-13-27-22(25)18-8-10-19(11-9-18)23-21(24)6-5-14-26-20-12-7-16(2)15-17(20)3/h7-12,15H,4-6,13-14H2,1-3H3,(H,23,24). The quantitative estimate of drug-likeness (QED) is 0.515. The number of hydrogen-bond acceptors (Lipinski definition) is 4. The van der Waals surface area contributed by atoms with E-state index in [1.54, 1.807) is 24.3 Å². The van der Waals surface area contributed by atoms with E-state index in [9.17, 15) is 9.59 Å². The summed E-state index contributed by atoms with van der Waals surface area (Å²) in [5.41, 5.74) is 3.42. The van der Waals surface area contributed by atoms with Gasteiger partial charge in [0.25, 0.3) is 0 Å². The van der Waals surface area contributed by atoms with Crippen molar-refractivity contribution in [2.24, 2.45) is 0 Å². The van der Waals surface area contributed by atoms with Crippen LogP contribution in [0.3, 0.4) is 0 Å². The van der Waals surface area contributed by atoms with E-state index >= 15 is 0 Å². The second-order valence-corrected chi connectivity index (χ2v) is 6.48. The molecule has 5 heteroatoms. The molecular formula is C22H27NO4. The Balaban J connectivity index is 1.73. The lowest BCUT2D eigenvalue weighted by Crippen LogP contribution is -2.13. The number of carbonyl (C=O) groups is 2. The molecule has 0 aliphatic heterocycles. The van der Waals surface area contributed by atoms with Gasteiger partial charge in [0, 0.05) is 12.1 Å². The van der Waals surface area contributed by atoms with Crippen LogP contribution in [-0.2, 0) is 9.53 Å². The van der Waals surface area contributed by atoms with E-state index in [-0.39, 0.29) is 11.9 Å². The first-order valence-corrected chi connectivity index (χ1v) is 9.26. The Hall–Kier alpha value is -2.82. The highest BCUT2D eigenvalue weighted by Gasteiger charge is 2.08. The van der Waals surface area contributed by atoms with Crippen molar-refractivity contribution in [3.05, 3.63) is 59.2 Å². The van der Waals surface area contributed by atoms with Gasteiger partial charge in [-0.25, -0.2) is 4.79 Å². The summed E-state index contributed by atoms with van der Waals surface area (Å²) in [5, 5.41) is 2.82. The molecule has 0 bridgehead atoms. The van der Waals surface area contributed by atoms with E-state index in [1.807, 2.05) is 32.9 Å². The van der Waals surface area contributed by atoms with Crippen LogP contribution >= 0.6 is 0 Å². The molecule has 27 heavy (non-hydrogen) atoms. The molecule has 2 rings (SSSR count). The second kappa shape index (κ2) is 10.4. The fourth-order valence-electron chi connectivity index (χ4n) is 2.57. The predicted molar refractivity (Wildman–Crippen MR) is 106 cm³/mol. The molecule has 2 aromatic rings.